The van der Waals surface area contributed by atoms with Crippen LogP contribution in [0.5, 0.6) is 0 Å². The number of urea groups is 1. The third-order valence-electron chi connectivity index (χ3n) is 5.16. The van der Waals surface area contributed by atoms with Crippen molar-refractivity contribution in [3.63, 3.8) is 0 Å². The summed E-state index contributed by atoms with van der Waals surface area (Å²) >= 11 is 1.61. The minimum atomic E-state index is -0.875. The Hall–Kier alpha value is -2.55. The van der Waals surface area contributed by atoms with Crippen molar-refractivity contribution in [1.29, 1.82) is 0 Å². The maximum Gasteiger partial charge on any atom is 0.325 e. The number of hydrogen-bond acceptors (Lipinski definition) is 5. The van der Waals surface area contributed by atoms with Crippen LogP contribution < -0.4 is 10.6 Å². The summed E-state index contributed by atoms with van der Waals surface area (Å²) < 4.78 is 0. The van der Waals surface area contributed by atoms with E-state index in [1.807, 2.05) is 32.0 Å². The molecule has 1 unspecified atom stereocenters. The largest absolute Gasteiger partial charge is 0.332 e. The number of amides is 5. The first-order valence-corrected chi connectivity index (χ1v) is 10.9. The van der Waals surface area contributed by atoms with Gasteiger partial charge in [-0.15, -0.1) is 0 Å². The molecule has 5 amide bonds. The molecular formula is C20H26N4O4S. The van der Waals surface area contributed by atoms with E-state index in [9.17, 15) is 19.2 Å². The number of para-hydroxylation sites is 1. The van der Waals surface area contributed by atoms with Gasteiger partial charge in [0.1, 0.15) is 12.1 Å². The fraction of sp³-hybridized carbons (Fsp3) is 0.500. The normalized spacial score (nSPS) is 20.8. The summed E-state index contributed by atoms with van der Waals surface area (Å²) in [4.78, 5) is 52.7. The van der Waals surface area contributed by atoms with E-state index in [0.717, 1.165) is 16.2 Å². The van der Waals surface area contributed by atoms with Crippen LogP contribution in [0.1, 0.15) is 25.3 Å². The number of rotatable bonds is 7. The van der Waals surface area contributed by atoms with Gasteiger partial charge in [0.05, 0.1) is 6.54 Å². The van der Waals surface area contributed by atoms with Crippen LogP contribution in [0.25, 0.3) is 0 Å². The first-order chi connectivity index (χ1) is 13.9. The monoisotopic (exact) mass is 418 g/mol. The van der Waals surface area contributed by atoms with E-state index < -0.39 is 17.5 Å². The minimum Gasteiger partial charge on any atom is -0.332 e. The summed E-state index contributed by atoms with van der Waals surface area (Å²) in [5, 5.41) is 5.56. The molecule has 2 heterocycles. The number of anilines is 1. The molecule has 2 N–H and O–H groups in total. The Kier molecular flexibility index (Phi) is 6.46. The number of nitrogens with zero attached hydrogens (tertiary/aromatic N) is 2. The van der Waals surface area contributed by atoms with E-state index in [4.69, 9.17) is 0 Å². The number of imide groups is 1. The molecular weight excluding hydrogens is 392 g/mol. The van der Waals surface area contributed by atoms with Crippen LogP contribution in [-0.2, 0) is 14.4 Å². The van der Waals surface area contributed by atoms with E-state index in [0.29, 0.717) is 30.8 Å². The van der Waals surface area contributed by atoms with Gasteiger partial charge in [0, 0.05) is 18.0 Å². The number of thioether (sulfide) groups is 1. The first kappa shape index (κ1) is 21.2. The smallest absolute Gasteiger partial charge is 0.325 e. The molecule has 156 valence electrons. The molecule has 2 fully saturated rings. The van der Waals surface area contributed by atoms with Gasteiger partial charge in [-0.2, -0.15) is 11.8 Å². The maximum atomic E-state index is 12.8. The third kappa shape index (κ3) is 4.55. The van der Waals surface area contributed by atoms with Crippen LogP contribution in [0.3, 0.4) is 0 Å². The van der Waals surface area contributed by atoms with Crippen LogP contribution in [0, 0.1) is 6.92 Å². The lowest BCUT2D eigenvalue weighted by Crippen LogP contribution is -2.48. The topological polar surface area (TPSA) is 98.8 Å². The van der Waals surface area contributed by atoms with Crippen LogP contribution >= 0.6 is 11.8 Å². The fourth-order valence-corrected chi connectivity index (χ4v) is 4.85. The zero-order valence-corrected chi connectivity index (χ0v) is 17.5. The predicted octanol–water partition coefficient (Wildman–Crippen LogP) is 1.60. The molecule has 0 saturated carbocycles. The Bertz CT molecular complexity index is 822. The van der Waals surface area contributed by atoms with Crippen LogP contribution in [0.15, 0.2) is 24.3 Å². The van der Waals surface area contributed by atoms with Gasteiger partial charge in [0.2, 0.25) is 11.8 Å². The highest BCUT2D eigenvalue weighted by Gasteiger charge is 2.53. The number of aryl methyl sites for hydroxylation is 1. The molecule has 3 rings (SSSR count). The van der Waals surface area contributed by atoms with E-state index in [-0.39, 0.29) is 24.9 Å². The average Bonchev–Trinajstić information content (AvgIpc) is 3.24. The second kappa shape index (κ2) is 8.86. The Balaban J connectivity index is 1.63. The van der Waals surface area contributed by atoms with Gasteiger partial charge in [-0.05, 0) is 37.1 Å². The Morgan fingerprint density at radius 2 is 2.07 bits per heavy atom. The van der Waals surface area contributed by atoms with Crippen molar-refractivity contribution in [3.05, 3.63) is 29.8 Å². The van der Waals surface area contributed by atoms with Crippen molar-refractivity contribution in [2.45, 2.75) is 32.2 Å². The van der Waals surface area contributed by atoms with Crippen LogP contribution in [0.2, 0.25) is 0 Å². The number of carbonyl (C=O) groups excluding carboxylic acids is 4. The zero-order valence-electron chi connectivity index (χ0n) is 16.7. The Labute approximate surface area is 174 Å². The standard InChI is InChI=1S/C20H26N4O4S/c1-3-9-23(11-16(25)21-15-7-5-4-6-14(15)2)17(26)12-24-18(27)20(22-19(24)28)8-10-29-13-20/h4-7H,3,8-13H2,1-2H3,(H,21,25)(H,22,28). The Morgan fingerprint density at radius 1 is 1.31 bits per heavy atom. The quantitative estimate of drug-likeness (QED) is 0.656. The molecule has 2 saturated heterocycles. The van der Waals surface area contributed by atoms with E-state index in [2.05, 4.69) is 10.6 Å². The predicted molar refractivity (Wildman–Crippen MR) is 112 cm³/mol. The molecule has 1 atom stereocenters. The van der Waals surface area contributed by atoms with Gasteiger partial charge in [-0.25, -0.2) is 4.79 Å². The highest BCUT2D eigenvalue weighted by molar-refractivity contribution is 7.99. The molecule has 1 spiro atoms. The van der Waals surface area contributed by atoms with Crippen molar-refractivity contribution in [1.82, 2.24) is 15.1 Å². The van der Waals surface area contributed by atoms with E-state index in [1.54, 1.807) is 17.8 Å². The van der Waals surface area contributed by atoms with Crippen molar-refractivity contribution in [2.75, 3.05) is 36.5 Å². The van der Waals surface area contributed by atoms with Gasteiger partial charge in [0.25, 0.3) is 5.91 Å². The molecule has 2 aliphatic rings. The highest BCUT2D eigenvalue weighted by atomic mass is 32.2. The number of nitrogens with one attached hydrogen (secondary N) is 2. The van der Waals surface area contributed by atoms with Gasteiger partial charge in [-0.3, -0.25) is 19.3 Å². The van der Waals surface area contributed by atoms with E-state index >= 15 is 0 Å². The summed E-state index contributed by atoms with van der Waals surface area (Å²) in [6, 6.07) is 6.86. The molecule has 0 aliphatic carbocycles. The van der Waals surface area contributed by atoms with Crippen LogP contribution in [-0.4, -0.2) is 70.2 Å². The number of hydrogen-bond donors (Lipinski definition) is 2. The average molecular weight is 419 g/mol. The maximum absolute atomic E-state index is 12.8. The molecule has 0 bridgehead atoms. The number of benzene rings is 1. The zero-order chi connectivity index (χ0) is 21.0. The second-order valence-corrected chi connectivity index (χ2v) is 8.49. The van der Waals surface area contributed by atoms with Gasteiger partial charge < -0.3 is 15.5 Å². The minimum absolute atomic E-state index is 0.133. The van der Waals surface area contributed by atoms with Crippen molar-refractivity contribution in [2.24, 2.45) is 0 Å². The molecule has 8 nitrogen and oxygen atoms in total. The third-order valence-corrected chi connectivity index (χ3v) is 6.35. The lowest BCUT2D eigenvalue weighted by Gasteiger charge is -2.24. The molecule has 1 aromatic carbocycles. The summed E-state index contributed by atoms with van der Waals surface area (Å²) in [6.45, 7) is 3.67. The lowest BCUT2D eigenvalue weighted by atomic mass is 9.99. The summed E-state index contributed by atoms with van der Waals surface area (Å²) in [7, 11) is 0. The molecule has 9 heteroatoms. The van der Waals surface area contributed by atoms with Crippen LogP contribution in [0.4, 0.5) is 10.5 Å². The van der Waals surface area contributed by atoms with Crippen molar-refractivity contribution in [3.8, 4) is 0 Å². The summed E-state index contributed by atoms with van der Waals surface area (Å²) in [5.74, 6) is 0.246. The molecule has 2 aliphatic heterocycles. The highest BCUT2D eigenvalue weighted by Crippen LogP contribution is 2.33. The summed E-state index contributed by atoms with van der Waals surface area (Å²) in [6.07, 6.45) is 1.23. The first-order valence-electron chi connectivity index (χ1n) is 9.71. The molecule has 0 radical (unpaired) electrons. The van der Waals surface area contributed by atoms with Gasteiger partial charge in [-0.1, -0.05) is 25.1 Å². The molecule has 29 heavy (non-hydrogen) atoms. The number of carbonyl (C=O) groups is 4. The van der Waals surface area contributed by atoms with E-state index in [1.165, 1.54) is 4.90 Å². The second-order valence-electron chi connectivity index (χ2n) is 7.38. The van der Waals surface area contributed by atoms with Gasteiger partial charge in [0.15, 0.2) is 0 Å². The lowest BCUT2D eigenvalue weighted by molar-refractivity contribution is -0.139. The van der Waals surface area contributed by atoms with Crippen molar-refractivity contribution >= 4 is 41.2 Å². The Morgan fingerprint density at radius 3 is 2.72 bits per heavy atom. The fourth-order valence-electron chi connectivity index (χ4n) is 3.53. The summed E-state index contributed by atoms with van der Waals surface area (Å²) in [5.41, 5.74) is 0.740. The molecule has 1 aromatic rings. The van der Waals surface area contributed by atoms with Gasteiger partial charge >= 0.3 is 6.03 Å². The van der Waals surface area contributed by atoms with Crippen molar-refractivity contribution < 1.29 is 19.2 Å². The SMILES string of the molecule is CCCN(CC(=O)Nc1ccccc1C)C(=O)CN1C(=O)NC2(CCSC2)C1=O. The molecule has 0 aromatic heterocycles.